The van der Waals surface area contributed by atoms with Gasteiger partial charge in [0.05, 0.1) is 5.92 Å². The maximum absolute atomic E-state index is 11.7. The molecular weight excluding hydrogens is 299 g/mol. The van der Waals surface area contributed by atoms with Crippen LogP contribution in [0.2, 0.25) is 0 Å². The lowest BCUT2D eigenvalue weighted by Gasteiger charge is -2.15. The third kappa shape index (κ3) is 5.17. The topological polar surface area (TPSA) is 98.5 Å². The zero-order valence-corrected chi connectivity index (χ0v) is 13.4. The fourth-order valence-corrected chi connectivity index (χ4v) is 2.20. The summed E-state index contributed by atoms with van der Waals surface area (Å²) in [5.74, 6) is 0.955. The van der Waals surface area contributed by atoms with Crippen molar-refractivity contribution in [3.05, 3.63) is 60.2 Å². The van der Waals surface area contributed by atoms with Crippen molar-refractivity contribution in [2.24, 2.45) is 0 Å². The first-order valence-electron chi connectivity index (χ1n) is 6.48. The van der Waals surface area contributed by atoms with Gasteiger partial charge in [-0.05, 0) is 36.2 Å². The summed E-state index contributed by atoms with van der Waals surface area (Å²) in [4.78, 5) is 11.7. The Hall–Kier alpha value is -1.84. The minimum absolute atomic E-state index is 0. The number of benzene rings is 2. The van der Waals surface area contributed by atoms with Gasteiger partial charge in [0.15, 0.2) is 0 Å². The van der Waals surface area contributed by atoms with Crippen LogP contribution in [0.4, 0.5) is 0 Å². The second-order valence-electron chi connectivity index (χ2n) is 4.39. The van der Waals surface area contributed by atoms with Crippen LogP contribution in [-0.2, 0) is 8.58 Å². The van der Waals surface area contributed by atoms with E-state index in [-0.39, 0.29) is 22.8 Å². The lowest BCUT2D eigenvalue weighted by molar-refractivity contribution is -0.135. The molecule has 5 nitrogen and oxygen atoms in total. The van der Waals surface area contributed by atoms with Gasteiger partial charge in [0.1, 0.15) is 11.5 Å². The molecule has 0 amide bonds. The van der Waals surface area contributed by atoms with E-state index >= 15 is 0 Å². The summed E-state index contributed by atoms with van der Waals surface area (Å²) in [6.45, 7) is 1.96. The Kier molecular flexibility index (Phi) is 9.15. The molecule has 22 heavy (non-hydrogen) atoms. The molecule has 1 atom stereocenters. The SMILES string of the molecule is CCC(C(=O)[O][Al])c1cccc(Oc2ccccc2)c1.O.O. The van der Waals surface area contributed by atoms with Crippen LogP contribution >= 0.6 is 0 Å². The molecule has 2 aromatic carbocycles. The second kappa shape index (κ2) is 9.98. The van der Waals surface area contributed by atoms with E-state index in [0.717, 1.165) is 11.3 Å². The molecule has 1 unspecified atom stereocenters. The van der Waals surface area contributed by atoms with E-state index in [2.05, 4.69) is 0 Å². The monoisotopic (exact) mass is 318 g/mol. The molecule has 0 saturated heterocycles. The highest BCUT2D eigenvalue weighted by atomic mass is 27.1. The third-order valence-electron chi connectivity index (χ3n) is 3.05. The number of ether oxygens (including phenoxy) is 1. The van der Waals surface area contributed by atoms with Gasteiger partial charge in [0.2, 0.25) is 0 Å². The number of carbonyl (C=O) groups excluding carboxylic acids is 1. The lowest BCUT2D eigenvalue weighted by atomic mass is 9.96. The van der Waals surface area contributed by atoms with Crippen molar-refractivity contribution in [2.45, 2.75) is 19.3 Å². The van der Waals surface area contributed by atoms with Crippen molar-refractivity contribution in [2.75, 3.05) is 0 Å². The van der Waals surface area contributed by atoms with Crippen LogP contribution in [0.15, 0.2) is 54.6 Å². The molecular formula is C16H19AlO5. The van der Waals surface area contributed by atoms with Gasteiger partial charge < -0.3 is 19.5 Å². The molecule has 0 spiro atoms. The molecule has 0 aliphatic rings. The highest BCUT2D eigenvalue weighted by Crippen LogP contribution is 2.27. The van der Waals surface area contributed by atoms with E-state index < -0.39 is 0 Å². The van der Waals surface area contributed by atoms with Gasteiger partial charge in [-0.3, -0.25) is 4.79 Å². The molecule has 0 bridgehead atoms. The summed E-state index contributed by atoms with van der Waals surface area (Å²) in [5, 5.41) is 0. The van der Waals surface area contributed by atoms with Gasteiger partial charge >= 0.3 is 16.6 Å². The van der Waals surface area contributed by atoms with Gasteiger partial charge in [0, 0.05) is 0 Å². The molecule has 0 saturated carbocycles. The average molecular weight is 318 g/mol. The lowest BCUT2D eigenvalue weighted by Crippen LogP contribution is -2.13. The Morgan fingerprint density at radius 2 is 1.68 bits per heavy atom. The van der Waals surface area contributed by atoms with Crippen LogP contribution in [0.1, 0.15) is 24.8 Å². The molecule has 2 radical (unpaired) electrons. The molecule has 2 rings (SSSR count). The Morgan fingerprint density at radius 3 is 2.27 bits per heavy atom. The van der Waals surface area contributed by atoms with E-state index in [4.69, 9.17) is 8.53 Å². The zero-order valence-electron chi connectivity index (χ0n) is 12.3. The quantitative estimate of drug-likeness (QED) is 0.788. The Balaban J connectivity index is 0.00000220. The largest absolute Gasteiger partial charge is 0.628 e. The maximum atomic E-state index is 11.7. The molecule has 0 aliphatic heterocycles. The first-order chi connectivity index (χ1) is 9.74. The van der Waals surface area contributed by atoms with Gasteiger partial charge in [-0.1, -0.05) is 37.3 Å². The van der Waals surface area contributed by atoms with Crippen LogP contribution in [0.5, 0.6) is 11.5 Å². The number of hydrogen-bond donors (Lipinski definition) is 0. The van der Waals surface area contributed by atoms with Gasteiger partial charge in [-0.25, -0.2) is 0 Å². The molecule has 0 fully saturated rings. The predicted octanol–water partition coefficient (Wildman–Crippen LogP) is 1.95. The molecule has 2 aromatic rings. The van der Waals surface area contributed by atoms with Crippen molar-refractivity contribution in [1.82, 2.24) is 0 Å². The summed E-state index contributed by atoms with van der Waals surface area (Å²) in [6, 6.07) is 17.1. The molecule has 4 N–H and O–H groups in total. The highest BCUT2D eigenvalue weighted by molar-refractivity contribution is 6.06. The maximum Gasteiger partial charge on any atom is 0.484 e. The van der Waals surface area contributed by atoms with Crippen molar-refractivity contribution >= 4 is 22.6 Å². The normalized spacial score (nSPS) is 10.6. The standard InChI is InChI=1S/C16H16O3.Al.2H2O/c1-2-15(16(17)18)12-7-6-10-14(11-12)19-13-8-4-3-5-9-13;;;/h3-11,15H,2H2,1H3,(H,17,18);;2*1H2/q;+1;;/p-1. The van der Waals surface area contributed by atoms with E-state index in [1.165, 1.54) is 0 Å². The van der Waals surface area contributed by atoms with E-state index in [9.17, 15) is 4.79 Å². The van der Waals surface area contributed by atoms with E-state index in [0.29, 0.717) is 12.2 Å². The number of rotatable bonds is 5. The minimum atomic E-state index is -0.271. The Labute approximate surface area is 138 Å². The fourth-order valence-electron chi connectivity index (χ4n) is 2.04. The number of hydrogen-bond acceptors (Lipinski definition) is 3. The van der Waals surface area contributed by atoms with Crippen LogP contribution in [0, 0.1) is 0 Å². The number of para-hydroxylation sites is 1. The first-order valence-corrected chi connectivity index (χ1v) is 6.95. The second-order valence-corrected chi connectivity index (χ2v) is 4.62. The third-order valence-corrected chi connectivity index (χ3v) is 3.28. The summed E-state index contributed by atoms with van der Waals surface area (Å²) in [5.41, 5.74) is 0.897. The van der Waals surface area contributed by atoms with Gasteiger partial charge in [0.25, 0.3) is 5.97 Å². The van der Waals surface area contributed by atoms with Crippen LogP contribution in [0.3, 0.4) is 0 Å². The van der Waals surface area contributed by atoms with Gasteiger partial charge in [-0.2, -0.15) is 0 Å². The number of carbonyl (C=O) groups is 1. The summed E-state index contributed by atoms with van der Waals surface area (Å²) >= 11 is 2.00. The zero-order chi connectivity index (χ0) is 14.4. The summed E-state index contributed by atoms with van der Waals surface area (Å²) in [6.07, 6.45) is 0.683. The average Bonchev–Trinajstić information content (AvgIpc) is 2.49. The van der Waals surface area contributed by atoms with Crippen molar-refractivity contribution in [3.63, 3.8) is 0 Å². The van der Waals surface area contributed by atoms with Crippen molar-refractivity contribution < 1.29 is 24.3 Å². The van der Waals surface area contributed by atoms with Crippen LogP contribution in [0.25, 0.3) is 0 Å². The Bertz CT molecular complexity index is 574. The smallest absolute Gasteiger partial charge is 0.484 e. The first kappa shape index (κ1) is 20.2. The highest BCUT2D eigenvalue weighted by Gasteiger charge is 2.18. The molecule has 0 aliphatic carbocycles. The molecule has 6 heteroatoms. The fraction of sp³-hybridized carbons (Fsp3) is 0.188. The predicted molar refractivity (Wildman–Crippen MR) is 85.1 cm³/mol. The minimum Gasteiger partial charge on any atom is -0.628 e. The van der Waals surface area contributed by atoms with Crippen LogP contribution in [-0.4, -0.2) is 33.5 Å². The Morgan fingerprint density at radius 1 is 1.05 bits per heavy atom. The summed E-state index contributed by atoms with van der Waals surface area (Å²) < 4.78 is 10.5. The van der Waals surface area contributed by atoms with E-state index in [1.54, 1.807) is 0 Å². The van der Waals surface area contributed by atoms with Crippen molar-refractivity contribution in [3.8, 4) is 11.5 Å². The van der Waals surface area contributed by atoms with Crippen LogP contribution < -0.4 is 4.74 Å². The molecule has 0 heterocycles. The molecule has 116 valence electrons. The van der Waals surface area contributed by atoms with E-state index in [1.807, 2.05) is 78.1 Å². The van der Waals surface area contributed by atoms with Gasteiger partial charge in [-0.15, -0.1) is 0 Å². The van der Waals surface area contributed by atoms with Crippen molar-refractivity contribution in [1.29, 1.82) is 0 Å². The molecule has 0 aromatic heterocycles. The summed E-state index contributed by atoms with van der Waals surface area (Å²) in [7, 11) is 0.